The molecule has 0 saturated carbocycles. The normalized spacial score (nSPS) is 29.4. The second-order valence-corrected chi connectivity index (χ2v) is 13.1. The highest BCUT2D eigenvalue weighted by atomic mass is 35.5. The van der Waals surface area contributed by atoms with Crippen LogP contribution in [0, 0.1) is 23.7 Å². The van der Waals surface area contributed by atoms with Crippen LogP contribution < -0.4 is 9.80 Å². The molecule has 2 bridgehead atoms. The van der Waals surface area contributed by atoms with Crippen molar-refractivity contribution >= 4 is 40.7 Å². The maximum Gasteiger partial charge on any atom is 0.253 e. The number of fused-ring (bicyclic) bond motifs is 1. The smallest absolute Gasteiger partial charge is 0.253 e. The standard InChI is InChI=1S/C35H42ClN3O5/c1-7-18-37(24-14-10-9-11-15-24)31(41)28-29-32(42)39(27(21-40)22(3)4)30(35(29)20-23(5)34(28,6)44-35)33(43)38(19-8-2)26-17-13-12-16-25(26)36/h7-17,22-23,27-30,40H,1-2,18-21H2,3-6H3/t23?,27-,28-,29-,30?,34+,35?/m0/s1. The zero-order valence-electron chi connectivity index (χ0n) is 25.9. The van der Waals surface area contributed by atoms with Gasteiger partial charge in [-0.05, 0) is 49.4 Å². The number of amides is 3. The molecule has 0 aromatic heterocycles. The van der Waals surface area contributed by atoms with E-state index in [1.165, 1.54) is 9.80 Å². The van der Waals surface area contributed by atoms with Gasteiger partial charge in [0.1, 0.15) is 11.6 Å². The average Bonchev–Trinajstić information content (AvgIpc) is 3.52. The lowest BCUT2D eigenvalue weighted by Crippen LogP contribution is -2.60. The third-order valence-corrected chi connectivity index (χ3v) is 10.3. The number of aliphatic hydroxyl groups excluding tert-OH is 1. The maximum absolute atomic E-state index is 14.9. The molecule has 5 rings (SSSR count). The molecule has 9 heteroatoms. The van der Waals surface area contributed by atoms with Gasteiger partial charge < -0.3 is 24.5 Å². The molecule has 3 amide bonds. The summed E-state index contributed by atoms with van der Waals surface area (Å²) in [5.41, 5.74) is -1.12. The van der Waals surface area contributed by atoms with Gasteiger partial charge in [-0.25, -0.2) is 0 Å². The van der Waals surface area contributed by atoms with Crippen LogP contribution in [-0.2, 0) is 19.1 Å². The molecule has 1 N–H and O–H groups in total. The Morgan fingerprint density at radius 3 is 2.27 bits per heavy atom. The van der Waals surface area contributed by atoms with Gasteiger partial charge in [-0.1, -0.05) is 74.9 Å². The van der Waals surface area contributed by atoms with E-state index in [2.05, 4.69) is 13.2 Å². The lowest BCUT2D eigenvalue weighted by molar-refractivity contribution is -0.150. The SMILES string of the molecule is C=CCN(C(=O)[C@@H]1[C@H]2C(=O)N([C@@H](CO)C(C)C)C(C(=O)N(CC=C)c3ccccc3Cl)C23CC(C)[C@@]1(C)O3)c1ccccc1. The lowest BCUT2D eigenvalue weighted by Gasteiger charge is -2.40. The second kappa shape index (κ2) is 12.1. The van der Waals surface area contributed by atoms with Crippen molar-refractivity contribution in [2.24, 2.45) is 23.7 Å². The minimum Gasteiger partial charge on any atom is -0.394 e. The number of rotatable bonds is 11. The van der Waals surface area contributed by atoms with Gasteiger partial charge >= 0.3 is 0 Å². The second-order valence-electron chi connectivity index (χ2n) is 12.7. The molecule has 0 radical (unpaired) electrons. The van der Waals surface area contributed by atoms with Crippen molar-refractivity contribution in [1.82, 2.24) is 4.90 Å². The van der Waals surface area contributed by atoms with Crippen molar-refractivity contribution in [2.45, 2.75) is 57.4 Å². The number of benzene rings is 2. The van der Waals surface area contributed by atoms with E-state index in [9.17, 15) is 19.5 Å². The maximum atomic E-state index is 14.9. The number of ether oxygens (including phenoxy) is 1. The minimum absolute atomic E-state index is 0.142. The number of nitrogens with zero attached hydrogens (tertiary/aromatic N) is 3. The fourth-order valence-electron chi connectivity index (χ4n) is 7.79. The summed E-state index contributed by atoms with van der Waals surface area (Å²) in [5, 5.41) is 11.0. The Morgan fingerprint density at radius 2 is 1.68 bits per heavy atom. The highest BCUT2D eigenvalue weighted by Gasteiger charge is 2.80. The van der Waals surface area contributed by atoms with Crippen molar-refractivity contribution < 1.29 is 24.2 Å². The van der Waals surface area contributed by atoms with Gasteiger partial charge in [0.2, 0.25) is 11.8 Å². The molecule has 7 atom stereocenters. The number of aliphatic hydroxyl groups is 1. The van der Waals surface area contributed by atoms with E-state index in [4.69, 9.17) is 16.3 Å². The Hall–Kier alpha value is -3.46. The summed E-state index contributed by atoms with van der Waals surface area (Å²) in [4.78, 5) is 49.1. The van der Waals surface area contributed by atoms with Crippen LogP contribution in [0.25, 0.3) is 0 Å². The first-order valence-electron chi connectivity index (χ1n) is 15.3. The summed E-state index contributed by atoms with van der Waals surface area (Å²) in [7, 11) is 0. The molecule has 3 heterocycles. The minimum atomic E-state index is -1.29. The predicted molar refractivity (Wildman–Crippen MR) is 172 cm³/mol. The first kappa shape index (κ1) is 31.9. The van der Waals surface area contributed by atoms with E-state index >= 15 is 0 Å². The molecule has 2 aromatic carbocycles. The van der Waals surface area contributed by atoms with E-state index in [0.717, 1.165) is 0 Å². The summed E-state index contributed by atoms with van der Waals surface area (Å²) in [6, 6.07) is 14.6. The predicted octanol–water partition coefficient (Wildman–Crippen LogP) is 5.11. The zero-order valence-corrected chi connectivity index (χ0v) is 26.6. The molecule has 3 fully saturated rings. The molecule has 3 aliphatic heterocycles. The van der Waals surface area contributed by atoms with Crippen LogP contribution in [0.3, 0.4) is 0 Å². The Kier molecular flexibility index (Phi) is 8.82. The van der Waals surface area contributed by atoms with Gasteiger partial charge in [0, 0.05) is 18.8 Å². The van der Waals surface area contributed by atoms with Crippen molar-refractivity contribution in [3.05, 3.63) is 84.9 Å². The van der Waals surface area contributed by atoms with Gasteiger partial charge in [-0.15, -0.1) is 13.2 Å². The molecule has 8 nitrogen and oxygen atoms in total. The van der Waals surface area contributed by atoms with Crippen LogP contribution in [0.5, 0.6) is 0 Å². The fourth-order valence-corrected chi connectivity index (χ4v) is 8.03. The molecule has 0 aliphatic carbocycles. The number of hydrogen-bond acceptors (Lipinski definition) is 5. The van der Waals surface area contributed by atoms with Gasteiger partial charge in [0.25, 0.3) is 5.91 Å². The Bertz CT molecular complexity index is 1450. The number of likely N-dealkylation sites (tertiary alicyclic amines) is 1. The van der Waals surface area contributed by atoms with Crippen molar-refractivity contribution in [1.29, 1.82) is 0 Å². The molecule has 3 unspecified atom stereocenters. The van der Waals surface area contributed by atoms with Gasteiger partial charge in [-0.3, -0.25) is 14.4 Å². The van der Waals surface area contributed by atoms with E-state index in [-0.39, 0.29) is 49.3 Å². The first-order valence-corrected chi connectivity index (χ1v) is 15.6. The summed E-state index contributed by atoms with van der Waals surface area (Å²) in [5.74, 6) is -3.10. The highest BCUT2D eigenvalue weighted by Crippen LogP contribution is 2.66. The van der Waals surface area contributed by atoms with Crippen LogP contribution in [0.4, 0.5) is 11.4 Å². The largest absolute Gasteiger partial charge is 0.394 e. The van der Waals surface area contributed by atoms with Crippen LogP contribution >= 0.6 is 11.6 Å². The van der Waals surface area contributed by atoms with Crippen LogP contribution in [0.15, 0.2) is 79.9 Å². The van der Waals surface area contributed by atoms with E-state index in [1.807, 2.05) is 58.0 Å². The zero-order chi connectivity index (χ0) is 32.0. The Balaban J connectivity index is 1.68. The number of hydrogen-bond donors (Lipinski definition) is 1. The third kappa shape index (κ3) is 4.78. The Morgan fingerprint density at radius 1 is 1.07 bits per heavy atom. The topological polar surface area (TPSA) is 90.4 Å². The van der Waals surface area contributed by atoms with Gasteiger partial charge in [-0.2, -0.15) is 0 Å². The van der Waals surface area contributed by atoms with Crippen molar-refractivity contribution in [2.75, 3.05) is 29.5 Å². The molecular formula is C35H42ClN3O5. The average molecular weight is 620 g/mol. The summed E-state index contributed by atoms with van der Waals surface area (Å²) >= 11 is 6.59. The summed E-state index contributed by atoms with van der Waals surface area (Å²) in [6.45, 7) is 15.5. The molecule has 3 aliphatic rings. The number of para-hydroxylation sites is 2. The van der Waals surface area contributed by atoms with Crippen LogP contribution in [-0.4, -0.2) is 70.7 Å². The molecule has 234 valence electrons. The molecule has 44 heavy (non-hydrogen) atoms. The number of halogens is 1. The van der Waals surface area contributed by atoms with Gasteiger partial charge in [0.15, 0.2) is 0 Å². The van der Waals surface area contributed by atoms with Crippen molar-refractivity contribution in [3.8, 4) is 0 Å². The lowest BCUT2D eigenvalue weighted by atomic mass is 9.62. The Labute approximate surface area is 264 Å². The quantitative estimate of drug-likeness (QED) is 0.353. The number of anilines is 2. The molecule has 2 aromatic rings. The van der Waals surface area contributed by atoms with Crippen molar-refractivity contribution in [3.63, 3.8) is 0 Å². The molecule has 1 spiro atoms. The van der Waals surface area contributed by atoms with Gasteiger partial charge in [0.05, 0.1) is 40.8 Å². The van der Waals surface area contributed by atoms with Crippen LogP contribution in [0.1, 0.15) is 34.1 Å². The highest BCUT2D eigenvalue weighted by molar-refractivity contribution is 6.34. The fraction of sp³-hybridized carbons (Fsp3) is 0.457. The number of carbonyl (C=O) groups is 3. The van der Waals surface area contributed by atoms with E-state index in [1.54, 1.807) is 41.3 Å². The summed E-state index contributed by atoms with van der Waals surface area (Å²) < 4.78 is 6.96. The van der Waals surface area contributed by atoms with Crippen LogP contribution in [0.2, 0.25) is 5.02 Å². The third-order valence-electron chi connectivity index (χ3n) is 9.93. The molecule has 3 saturated heterocycles. The monoisotopic (exact) mass is 619 g/mol. The summed E-state index contributed by atoms with van der Waals surface area (Å²) in [6.07, 6.45) is 3.68. The number of carbonyl (C=O) groups excluding carboxylic acids is 3. The van der Waals surface area contributed by atoms with E-state index in [0.29, 0.717) is 22.8 Å². The van der Waals surface area contributed by atoms with E-state index < -0.39 is 35.1 Å². The molecular weight excluding hydrogens is 578 g/mol. The first-order chi connectivity index (χ1) is 21.0.